The van der Waals surface area contributed by atoms with Crippen LogP contribution in [0.5, 0.6) is 0 Å². The van der Waals surface area contributed by atoms with E-state index in [1.165, 1.54) is 12.1 Å². The standard InChI is InChI=1S/C10H13BrN2/c1-7-4-5-13(7)10-6-8(12)2-3-9(10)11/h2-3,6-7H,4-5,12H2,1H3. The third-order valence-corrected chi connectivity index (χ3v) is 3.27. The van der Waals surface area contributed by atoms with E-state index in [1.807, 2.05) is 18.2 Å². The molecule has 0 aliphatic carbocycles. The summed E-state index contributed by atoms with van der Waals surface area (Å²) in [6, 6.07) is 6.60. The molecule has 1 unspecified atom stereocenters. The molecule has 1 aromatic rings. The minimum atomic E-state index is 0.651. The number of rotatable bonds is 1. The van der Waals surface area contributed by atoms with Crippen molar-refractivity contribution in [2.24, 2.45) is 0 Å². The van der Waals surface area contributed by atoms with Crippen molar-refractivity contribution in [3.8, 4) is 0 Å². The number of hydrogen-bond donors (Lipinski definition) is 1. The predicted octanol–water partition coefficient (Wildman–Crippen LogP) is 2.63. The van der Waals surface area contributed by atoms with Crippen LogP contribution in [0.15, 0.2) is 22.7 Å². The van der Waals surface area contributed by atoms with Crippen molar-refractivity contribution in [2.45, 2.75) is 19.4 Å². The average Bonchev–Trinajstić information content (AvgIpc) is 2.09. The van der Waals surface area contributed by atoms with Crippen molar-refractivity contribution in [1.82, 2.24) is 0 Å². The fourth-order valence-electron chi connectivity index (χ4n) is 1.62. The van der Waals surface area contributed by atoms with E-state index in [-0.39, 0.29) is 0 Å². The van der Waals surface area contributed by atoms with Crippen molar-refractivity contribution < 1.29 is 0 Å². The van der Waals surface area contributed by atoms with Crippen molar-refractivity contribution in [1.29, 1.82) is 0 Å². The molecular formula is C10H13BrN2. The van der Waals surface area contributed by atoms with Crippen LogP contribution in [0.3, 0.4) is 0 Å². The highest BCUT2D eigenvalue weighted by Gasteiger charge is 2.25. The molecule has 1 aliphatic rings. The minimum absolute atomic E-state index is 0.651. The quantitative estimate of drug-likeness (QED) is 0.766. The van der Waals surface area contributed by atoms with Crippen molar-refractivity contribution in [3.63, 3.8) is 0 Å². The number of nitrogens with two attached hydrogens (primary N) is 1. The maximum atomic E-state index is 5.74. The van der Waals surface area contributed by atoms with E-state index in [9.17, 15) is 0 Å². The van der Waals surface area contributed by atoms with Gasteiger partial charge in [-0.15, -0.1) is 0 Å². The van der Waals surface area contributed by atoms with Gasteiger partial charge in [0.1, 0.15) is 0 Å². The summed E-state index contributed by atoms with van der Waals surface area (Å²) < 4.78 is 1.13. The zero-order valence-corrected chi connectivity index (χ0v) is 9.21. The largest absolute Gasteiger partial charge is 0.399 e. The Morgan fingerprint density at radius 2 is 2.31 bits per heavy atom. The maximum absolute atomic E-state index is 5.74. The fourth-order valence-corrected chi connectivity index (χ4v) is 2.10. The highest BCUT2D eigenvalue weighted by Crippen LogP contribution is 2.34. The van der Waals surface area contributed by atoms with E-state index in [0.29, 0.717) is 6.04 Å². The molecule has 0 amide bonds. The molecule has 0 saturated carbocycles. The molecule has 13 heavy (non-hydrogen) atoms. The first-order valence-corrected chi connectivity index (χ1v) is 5.29. The Balaban J connectivity index is 2.33. The summed E-state index contributed by atoms with van der Waals surface area (Å²) in [4.78, 5) is 2.36. The lowest BCUT2D eigenvalue weighted by Gasteiger charge is -2.41. The van der Waals surface area contributed by atoms with E-state index in [0.717, 1.165) is 16.7 Å². The van der Waals surface area contributed by atoms with Crippen LogP contribution >= 0.6 is 15.9 Å². The first kappa shape index (κ1) is 8.88. The van der Waals surface area contributed by atoms with Gasteiger partial charge in [0.05, 0.1) is 5.69 Å². The number of benzene rings is 1. The van der Waals surface area contributed by atoms with Gasteiger partial charge in [0.2, 0.25) is 0 Å². The molecule has 1 aromatic carbocycles. The number of nitrogen functional groups attached to an aromatic ring is 1. The van der Waals surface area contributed by atoms with Crippen LogP contribution in [0.4, 0.5) is 11.4 Å². The normalized spacial score (nSPS) is 21.4. The molecule has 3 heteroatoms. The molecule has 2 rings (SSSR count). The Labute approximate surface area is 86.9 Å². The van der Waals surface area contributed by atoms with E-state index >= 15 is 0 Å². The Morgan fingerprint density at radius 1 is 1.54 bits per heavy atom. The second-order valence-electron chi connectivity index (χ2n) is 3.54. The first-order valence-electron chi connectivity index (χ1n) is 4.50. The van der Waals surface area contributed by atoms with Gasteiger partial charge in [-0.25, -0.2) is 0 Å². The van der Waals surface area contributed by atoms with Crippen LogP contribution in [-0.2, 0) is 0 Å². The second-order valence-corrected chi connectivity index (χ2v) is 4.40. The van der Waals surface area contributed by atoms with E-state index < -0.39 is 0 Å². The highest BCUT2D eigenvalue weighted by atomic mass is 79.9. The SMILES string of the molecule is CC1CCN1c1cc(N)ccc1Br. The summed E-state index contributed by atoms with van der Waals surface area (Å²) in [6.45, 7) is 3.38. The lowest BCUT2D eigenvalue weighted by Crippen LogP contribution is -2.45. The topological polar surface area (TPSA) is 29.3 Å². The highest BCUT2D eigenvalue weighted by molar-refractivity contribution is 9.10. The van der Waals surface area contributed by atoms with Crippen molar-refractivity contribution in [3.05, 3.63) is 22.7 Å². The fraction of sp³-hybridized carbons (Fsp3) is 0.400. The zero-order valence-electron chi connectivity index (χ0n) is 7.63. The number of anilines is 2. The molecule has 1 heterocycles. The summed E-state index contributed by atoms with van der Waals surface area (Å²) in [5, 5.41) is 0. The molecule has 1 fully saturated rings. The molecule has 1 aliphatic heterocycles. The van der Waals surface area contributed by atoms with Gasteiger partial charge >= 0.3 is 0 Å². The molecule has 70 valence electrons. The number of halogens is 1. The van der Waals surface area contributed by atoms with E-state index in [2.05, 4.69) is 27.8 Å². The number of hydrogen-bond acceptors (Lipinski definition) is 2. The Bertz CT molecular complexity index is 325. The molecule has 1 atom stereocenters. The van der Waals surface area contributed by atoms with Crippen LogP contribution in [0.25, 0.3) is 0 Å². The van der Waals surface area contributed by atoms with Crippen LogP contribution in [0, 0.1) is 0 Å². The Kier molecular flexibility index (Phi) is 2.20. The molecule has 2 N–H and O–H groups in total. The third-order valence-electron chi connectivity index (χ3n) is 2.60. The second kappa shape index (κ2) is 3.22. The Hall–Kier alpha value is -0.700. The summed E-state index contributed by atoms with van der Waals surface area (Å²) >= 11 is 3.54. The molecule has 1 saturated heterocycles. The lowest BCUT2D eigenvalue weighted by atomic mass is 10.0. The molecule has 0 radical (unpaired) electrons. The van der Waals surface area contributed by atoms with Gasteiger partial charge in [-0.3, -0.25) is 0 Å². The minimum Gasteiger partial charge on any atom is -0.399 e. The van der Waals surface area contributed by atoms with Crippen LogP contribution in [0.1, 0.15) is 13.3 Å². The van der Waals surface area contributed by atoms with E-state index in [4.69, 9.17) is 5.73 Å². The van der Waals surface area contributed by atoms with Gasteiger partial charge in [-0.2, -0.15) is 0 Å². The molecule has 2 nitrogen and oxygen atoms in total. The Morgan fingerprint density at radius 3 is 2.85 bits per heavy atom. The third kappa shape index (κ3) is 1.53. The molecule has 0 bridgehead atoms. The van der Waals surface area contributed by atoms with Gasteiger partial charge in [-0.1, -0.05) is 0 Å². The first-order chi connectivity index (χ1) is 6.18. The zero-order chi connectivity index (χ0) is 9.42. The maximum Gasteiger partial charge on any atom is 0.0533 e. The van der Waals surface area contributed by atoms with Crippen molar-refractivity contribution >= 4 is 27.3 Å². The molecular weight excluding hydrogens is 228 g/mol. The molecule has 0 spiro atoms. The lowest BCUT2D eigenvalue weighted by molar-refractivity contribution is 0.481. The monoisotopic (exact) mass is 240 g/mol. The van der Waals surface area contributed by atoms with E-state index in [1.54, 1.807) is 0 Å². The summed E-state index contributed by atoms with van der Waals surface area (Å²) in [6.07, 6.45) is 1.28. The van der Waals surface area contributed by atoms with Crippen LogP contribution in [-0.4, -0.2) is 12.6 Å². The summed E-state index contributed by atoms with van der Waals surface area (Å²) in [7, 11) is 0. The predicted molar refractivity (Wildman–Crippen MR) is 60.0 cm³/mol. The van der Waals surface area contributed by atoms with Crippen molar-refractivity contribution in [2.75, 3.05) is 17.2 Å². The van der Waals surface area contributed by atoms with Crippen LogP contribution < -0.4 is 10.6 Å². The van der Waals surface area contributed by atoms with Gasteiger partial charge in [0, 0.05) is 22.7 Å². The molecule has 0 aromatic heterocycles. The van der Waals surface area contributed by atoms with Gasteiger partial charge < -0.3 is 10.6 Å². The summed E-state index contributed by atoms with van der Waals surface area (Å²) in [5.74, 6) is 0. The number of nitrogens with zero attached hydrogens (tertiary/aromatic N) is 1. The summed E-state index contributed by atoms with van der Waals surface area (Å²) in [5.41, 5.74) is 7.79. The average molecular weight is 241 g/mol. The van der Waals surface area contributed by atoms with Gasteiger partial charge in [0.15, 0.2) is 0 Å². The van der Waals surface area contributed by atoms with Gasteiger partial charge in [-0.05, 0) is 47.5 Å². The van der Waals surface area contributed by atoms with Crippen LogP contribution in [0.2, 0.25) is 0 Å². The van der Waals surface area contributed by atoms with Gasteiger partial charge in [0.25, 0.3) is 0 Å². The smallest absolute Gasteiger partial charge is 0.0533 e.